The van der Waals surface area contributed by atoms with E-state index in [0.717, 1.165) is 49.1 Å². The Morgan fingerprint density at radius 3 is 2.23 bits per heavy atom. The molecule has 0 radical (unpaired) electrons. The second-order valence-corrected chi connectivity index (χ2v) is 14.0. The summed E-state index contributed by atoms with van der Waals surface area (Å²) in [6, 6.07) is 39.1. The number of hydroxylamine groups is 1. The normalized spacial score (nSPS) is 13.4. The zero-order valence-corrected chi connectivity index (χ0v) is 28.8. The Labute approximate surface area is 278 Å². The Bertz CT molecular complexity index is 1990. The number of pyridine rings is 1. The van der Waals surface area contributed by atoms with Crippen LogP contribution < -0.4 is 10.1 Å². The maximum atomic E-state index is 4.99. The van der Waals surface area contributed by atoms with E-state index in [-0.39, 0.29) is 32.0 Å². The number of fused-ring (bicyclic) bond motifs is 4. The summed E-state index contributed by atoms with van der Waals surface area (Å²) in [7, 11) is 0. The van der Waals surface area contributed by atoms with Crippen molar-refractivity contribution in [3.05, 3.63) is 115 Å². The smallest absolute Gasteiger partial charge is 0.145 e. The molecular formula is C37H35N4OPtS-. The molecule has 4 aromatic carbocycles. The van der Waals surface area contributed by atoms with Crippen LogP contribution in [-0.4, -0.2) is 20.0 Å². The zero-order valence-electron chi connectivity index (χ0n) is 25.7. The van der Waals surface area contributed by atoms with Gasteiger partial charge in [0.1, 0.15) is 22.7 Å². The monoisotopic (exact) mass is 778 g/mol. The molecule has 0 saturated carbocycles. The third kappa shape index (κ3) is 5.45. The summed E-state index contributed by atoms with van der Waals surface area (Å²) in [5, 5.41) is 6.43. The summed E-state index contributed by atoms with van der Waals surface area (Å²) >= 11 is 1.66. The summed E-state index contributed by atoms with van der Waals surface area (Å²) < 4.78 is 2.24. The van der Waals surface area contributed by atoms with Crippen LogP contribution in [0.1, 0.15) is 47.1 Å². The average molecular weight is 779 g/mol. The second kappa shape index (κ2) is 11.4. The van der Waals surface area contributed by atoms with E-state index < -0.39 is 0 Å². The standard InChI is InChI=1S/C37H34N4OS.Pt/c1-36(2,3)25-20-21-38-35(22-25)39-31-15-8-7-14-29(31)30-19-18-28(24-34(30)39)43-27-13-11-12-26(23-27)40-32-16-9-10-17-33(32)41(42-40)37(4,5)6;/h7-22H,1-6H3;/q-2;/p+1. The molecule has 1 N–H and O–H groups in total. The summed E-state index contributed by atoms with van der Waals surface area (Å²) in [4.78, 5) is 11.8. The molecule has 0 saturated heterocycles. The van der Waals surface area contributed by atoms with Gasteiger partial charge in [-0.3, -0.25) is 0 Å². The van der Waals surface area contributed by atoms with Gasteiger partial charge in [0.25, 0.3) is 0 Å². The van der Waals surface area contributed by atoms with E-state index in [4.69, 9.17) is 9.92 Å². The first-order chi connectivity index (χ1) is 20.6. The van der Waals surface area contributed by atoms with Gasteiger partial charge in [0.2, 0.25) is 0 Å². The molecular weight excluding hydrogens is 744 g/mol. The molecule has 0 aliphatic carbocycles. The maximum Gasteiger partial charge on any atom is 0.145 e. The number of aromatic nitrogens is 2. The molecule has 7 heteroatoms. The van der Waals surface area contributed by atoms with Crippen LogP contribution in [0.2, 0.25) is 0 Å². The van der Waals surface area contributed by atoms with Crippen LogP contribution in [0, 0.1) is 12.1 Å². The Hall–Kier alpha value is -3.57. The average Bonchev–Trinajstić information content (AvgIpc) is 3.53. The van der Waals surface area contributed by atoms with E-state index in [1.165, 1.54) is 10.9 Å². The predicted molar refractivity (Wildman–Crippen MR) is 178 cm³/mol. The number of hydrogen-bond donors (Lipinski definition) is 0. The quantitative estimate of drug-likeness (QED) is 0.132. The van der Waals surface area contributed by atoms with Crippen molar-refractivity contribution in [2.45, 2.75) is 62.3 Å². The molecule has 226 valence electrons. The van der Waals surface area contributed by atoms with Gasteiger partial charge >= 0.3 is 0 Å². The van der Waals surface area contributed by atoms with Crippen molar-refractivity contribution in [3.8, 4) is 5.82 Å². The van der Waals surface area contributed by atoms with Crippen LogP contribution in [0.15, 0.2) is 107 Å². The molecule has 0 fully saturated rings. The Kier molecular flexibility index (Phi) is 7.90. The fourth-order valence-corrected chi connectivity index (χ4v) is 6.42. The number of para-hydroxylation sites is 3. The molecule has 0 bridgehead atoms. The fourth-order valence-electron chi connectivity index (χ4n) is 5.60. The molecule has 0 amide bonds. The van der Waals surface area contributed by atoms with Gasteiger partial charge in [-0.1, -0.05) is 56.6 Å². The van der Waals surface area contributed by atoms with Gasteiger partial charge in [0.15, 0.2) is 0 Å². The Balaban J connectivity index is 0.00000343. The zero-order chi connectivity index (χ0) is 29.9. The molecule has 0 atom stereocenters. The fraction of sp³-hybridized carbons (Fsp3) is 0.216. The van der Waals surface area contributed by atoms with Crippen LogP contribution in [0.5, 0.6) is 0 Å². The minimum atomic E-state index is -0.151. The van der Waals surface area contributed by atoms with Gasteiger partial charge in [-0.15, -0.1) is 55.3 Å². The van der Waals surface area contributed by atoms with E-state index in [1.54, 1.807) is 11.8 Å². The van der Waals surface area contributed by atoms with E-state index in [0.29, 0.717) is 0 Å². The molecule has 2 aromatic heterocycles. The van der Waals surface area contributed by atoms with E-state index in [9.17, 15) is 0 Å². The number of hydrogen-bond acceptors (Lipinski definition) is 4. The molecule has 7 rings (SSSR count). The minimum absolute atomic E-state index is 0. The van der Waals surface area contributed by atoms with E-state index in [1.807, 2.05) is 11.3 Å². The van der Waals surface area contributed by atoms with Gasteiger partial charge < -0.3 is 4.57 Å². The Morgan fingerprint density at radius 1 is 0.727 bits per heavy atom. The number of benzene rings is 4. The van der Waals surface area contributed by atoms with Crippen molar-refractivity contribution in [2.75, 3.05) is 10.1 Å². The molecule has 44 heavy (non-hydrogen) atoms. The molecule has 6 aromatic rings. The van der Waals surface area contributed by atoms with Crippen molar-refractivity contribution < 1.29 is 26.0 Å². The van der Waals surface area contributed by atoms with Crippen molar-refractivity contribution in [1.82, 2.24) is 9.55 Å². The Morgan fingerprint density at radius 2 is 1.45 bits per heavy atom. The summed E-state index contributed by atoms with van der Waals surface area (Å²) in [5.74, 6) is 0.906. The van der Waals surface area contributed by atoms with Gasteiger partial charge in [-0.2, -0.15) is 29.2 Å². The van der Waals surface area contributed by atoms with Gasteiger partial charge in [0, 0.05) is 38.5 Å². The summed E-state index contributed by atoms with van der Waals surface area (Å²) in [6.45, 7) is 13.2. The first kappa shape index (κ1) is 30.5. The topological polar surface area (TPSA) is 37.1 Å². The predicted octanol–water partition coefficient (Wildman–Crippen LogP) is 9.82. The third-order valence-corrected chi connectivity index (χ3v) is 8.67. The number of nitrogens with zero attached hydrogens (tertiary/aromatic N) is 4. The second-order valence-electron chi connectivity index (χ2n) is 13.0. The summed E-state index contributed by atoms with van der Waals surface area (Å²) in [6.07, 6.45) is 1.91. The molecule has 3 heterocycles. The maximum absolute atomic E-state index is 4.99. The first-order valence-electron chi connectivity index (χ1n) is 14.6. The largest absolute Gasteiger partial charge is 0.319 e. The first-order valence-corrected chi connectivity index (χ1v) is 15.4. The molecule has 5 nitrogen and oxygen atoms in total. The van der Waals surface area contributed by atoms with Crippen LogP contribution in [-0.2, 0) is 26.5 Å². The third-order valence-electron chi connectivity index (χ3n) is 7.75. The van der Waals surface area contributed by atoms with Crippen molar-refractivity contribution in [2.24, 2.45) is 0 Å². The van der Waals surface area contributed by atoms with Crippen molar-refractivity contribution >= 4 is 50.6 Å². The van der Waals surface area contributed by atoms with Crippen LogP contribution >= 0.6 is 11.8 Å². The van der Waals surface area contributed by atoms with Crippen LogP contribution in [0.4, 0.5) is 17.1 Å². The number of rotatable bonds is 4. The molecule has 0 spiro atoms. The van der Waals surface area contributed by atoms with Gasteiger partial charge in [0.05, 0.1) is 0 Å². The van der Waals surface area contributed by atoms with Crippen molar-refractivity contribution in [3.63, 3.8) is 0 Å². The van der Waals surface area contributed by atoms with Crippen LogP contribution in [0.3, 0.4) is 0 Å². The summed E-state index contributed by atoms with van der Waals surface area (Å²) in [5.41, 5.74) is 6.32. The minimum Gasteiger partial charge on any atom is -0.319 e. The SMILES string of the molecule is CC(C)(C)c1ccnc(-n2c3[c-]c(Sc4[c-]c(N5[OH+]N(C(C)(C)C)c6ccccc65)ccc4)ccc3c3ccccc32)c1.[Pt]. The molecule has 0 unspecified atom stereocenters. The van der Waals surface area contributed by atoms with Crippen molar-refractivity contribution in [1.29, 1.82) is 0 Å². The number of anilines is 3. The molecule has 1 aliphatic rings. The van der Waals surface area contributed by atoms with Crippen LogP contribution in [0.25, 0.3) is 27.6 Å². The van der Waals surface area contributed by atoms with Gasteiger partial charge in [-0.05, 0) is 67.5 Å². The van der Waals surface area contributed by atoms with E-state index >= 15 is 0 Å². The molecule has 1 aliphatic heterocycles. The van der Waals surface area contributed by atoms with E-state index in [2.05, 4.69) is 154 Å². The van der Waals surface area contributed by atoms with Gasteiger partial charge in [-0.25, -0.2) is 4.98 Å².